The molecule has 0 saturated carbocycles. The quantitative estimate of drug-likeness (QED) is 0.380. The number of nitrogens with zero attached hydrogens (tertiary/aromatic N) is 6. The fourth-order valence-electron chi connectivity index (χ4n) is 2.93. The summed E-state index contributed by atoms with van der Waals surface area (Å²) in [4.78, 5) is 14.0. The van der Waals surface area contributed by atoms with Crippen molar-refractivity contribution in [2.24, 2.45) is 4.99 Å². The molecule has 0 atom stereocenters. The van der Waals surface area contributed by atoms with E-state index >= 15 is 0 Å². The number of aliphatic imine (C=N–C) groups is 1. The number of piperazine rings is 1. The molecule has 3 rings (SSSR count). The molecule has 1 saturated heterocycles. The lowest BCUT2D eigenvalue weighted by Crippen LogP contribution is -2.52. The molecule has 1 aliphatic heterocycles. The second kappa shape index (κ2) is 10.2. The van der Waals surface area contributed by atoms with Crippen LogP contribution in [0.25, 0.3) is 0 Å². The van der Waals surface area contributed by atoms with Gasteiger partial charge in [0, 0.05) is 56.2 Å². The van der Waals surface area contributed by atoms with E-state index in [9.17, 15) is 0 Å². The van der Waals surface area contributed by atoms with Crippen LogP contribution in [-0.2, 0) is 13.0 Å². The summed E-state index contributed by atoms with van der Waals surface area (Å²) in [5, 5.41) is 8.44. The summed E-state index contributed by atoms with van der Waals surface area (Å²) < 4.78 is 9.63. The molecule has 2 aromatic heterocycles. The Morgan fingerprint density at radius 3 is 2.52 bits per heavy atom. The predicted octanol–water partition coefficient (Wildman–Crippen LogP) is 2.61. The molecule has 0 unspecified atom stereocenters. The van der Waals surface area contributed by atoms with E-state index in [2.05, 4.69) is 43.5 Å². The fraction of sp³-hybridized carbons (Fsp3) is 0.647. The van der Waals surface area contributed by atoms with Gasteiger partial charge < -0.3 is 19.6 Å². The van der Waals surface area contributed by atoms with Crippen LogP contribution in [0.3, 0.4) is 0 Å². The van der Waals surface area contributed by atoms with Gasteiger partial charge in [-0.15, -0.1) is 24.0 Å². The second-order valence-electron chi connectivity index (χ2n) is 6.29. The summed E-state index contributed by atoms with van der Waals surface area (Å²) in [6, 6.07) is 0. The maximum absolute atomic E-state index is 5.24. The predicted molar refractivity (Wildman–Crippen MR) is 119 cm³/mol. The van der Waals surface area contributed by atoms with E-state index in [1.165, 1.54) is 11.5 Å². The van der Waals surface area contributed by atoms with Crippen LogP contribution in [-0.4, -0.2) is 58.1 Å². The summed E-state index contributed by atoms with van der Waals surface area (Å²) in [5.41, 5.74) is 1.98. The zero-order valence-corrected chi connectivity index (χ0v) is 19.5. The Kier molecular flexibility index (Phi) is 8.27. The lowest BCUT2D eigenvalue weighted by atomic mass is 10.2. The molecule has 150 valence electrons. The molecule has 1 fully saturated rings. The molecule has 0 aliphatic carbocycles. The third-order valence-corrected chi connectivity index (χ3v) is 5.34. The Bertz CT molecular complexity index is 733. The van der Waals surface area contributed by atoms with Gasteiger partial charge in [-0.1, -0.05) is 12.1 Å². The first-order valence-electron chi connectivity index (χ1n) is 9.14. The largest absolute Gasteiger partial charge is 0.361 e. The number of guanidine groups is 1. The zero-order chi connectivity index (χ0) is 18.5. The molecule has 1 N–H and O–H groups in total. The normalized spacial score (nSPS) is 15.0. The number of halogens is 1. The van der Waals surface area contributed by atoms with Gasteiger partial charge in [0.05, 0.1) is 12.2 Å². The first-order chi connectivity index (χ1) is 12.6. The van der Waals surface area contributed by atoms with Crippen molar-refractivity contribution in [1.82, 2.24) is 24.7 Å². The van der Waals surface area contributed by atoms with Crippen LogP contribution < -0.4 is 10.2 Å². The number of nitrogens with one attached hydrogen (secondary N) is 1. The van der Waals surface area contributed by atoms with Crippen LogP contribution in [0.5, 0.6) is 0 Å². The van der Waals surface area contributed by atoms with Crippen LogP contribution in [0.15, 0.2) is 9.52 Å². The average Bonchev–Trinajstić information content (AvgIpc) is 3.26. The number of aryl methyl sites for hydroxylation is 3. The Morgan fingerprint density at radius 1 is 1.22 bits per heavy atom. The molecule has 0 bridgehead atoms. The van der Waals surface area contributed by atoms with Gasteiger partial charge in [0.1, 0.15) is 11.6 Å². The second-order valence-corrected chi connectivity index (χ2v) is 7.02. The first kappa shape index (κ1) is 21.9. The lowest BCUT2D eigenvalue weighted by molar-refractivity contribution is 0.372. The highest BCUT2D eigenvalue weighted by molar-refractivity contribution is 14.0. The Balaban J connectivity index is 0.00000261. The van der Waals surface area contributed by atoms with Crippen LogP contribution in [0, 0.1) is 13.8 Å². The van der Waals surface area contributed by atoms with Crippen molar-refractivity contribution >= 4 is 46.6 Å². The monoisotopic (exact) mass is 505 g/mol. The SMILES string of the molecule is CCNC(=NCc1c(C)noc1C)N1CCN(c2nc(CC)ns2)CC1.I. The van der Waals surface area contributed by atoms with Gasteiger partial charge in [-0.05, 0) is 20.8 Å². The van der Waals surface area contributed by atoms with E-state index in [-0.39, 0.29) is 24.0 Å². The maximum atomic E-state index is 5.24. The molecule has 0 amide bonds. The first-order valence-corrected chi connectivity index (χ1v) is 9.92. The van der Waals surface area contributed by atoms with Gasteiger partial charge in [-0.3, -0.25) is 0 Å². The summed E-state index contributed by atoms with van der Waals surface area (Å²) in [7, 11) is 0. The Morgan fingerprint density at radius 2 is 1.96 bits per heavy atom. The van der Waals surface area contributed by atoms with Crippen LogP contribution in [0.2, 0.25) is 0 Å². The number of hydrogen-bond acceptors (Lipinski definition) is 7. The van der Waals surface area contributed by atoms with Crippen molar-refractivity contribution in [2.75, 3.05) is 37.6 Å². The van der Waals surface area contributed by atoms with E-state index in [1.54, 1.807) is 0 Å². The van der Waals surface area contributed by atoms with Crippen molar-refractivity contribution in [3.8, 4) is 0 Å². The van der Waals surface area contributed by atoms with E-state index in [1.807, 2.05) is 13.8 Å². The Hall–Kier alpha value is -1.43. The van der Waals surface area contributed by atoms with Gasteiger partial charge in [-0.2, -0.15) is 4.37 Å². The van der Waals surface area contributed by atoms with Crippen LogP contribution in [0.4, 0.5) is 5.13 Å². The summed E-state index contributed by atoms with van der Waals surface area (Å²) in [5.74, 6) is 2.72. The highest BCUT2D eigenvalue weighted by Gasteiger charge is 2.22. The van der Waals surface area contributed by atoms with E-state index < -0.39 is 0 Å². The summed E-state index contributed by atoms with van der Waals surface area (Å²) in [6.45, 7) is 13.2. The van der Waals surface area contributed by atoms with Gasteiger partial charge >= 0.3 is 0 Å². The molecule has 3 heterocycles. The Labute approximate surface area is 181 Å². The summed E-state index contributed by atoms with van der Waals surface area (Å²) in [6.07, 6.45) is 0.884. The molecular formula is C17H28IN7OS. The molecule has 0 aromatic carbocycles. The molecular weight excluding hydrogens is 477 g/mol. The van der Waals surface area contributed by atoms with Crippen LogP contribution in [0.1, 0.15) is 36.7 Å². The smallest absolute Gasteiger partial charge is 0.205 e. The minimum absolute atomic E-state index is 0. The third-order valence-electron chi connectivity index (χ3n) is 4.53. The minimum atomic E-state index is 0. The van der Waals surface area contributed by atoms with Gasteiger partial charge in [0.25, 0.3) is 0 Å². The number of aromatic nitrogens is 3. The number of anilines is 1. The molecule has 2 aromatic rings. The van der Waals surface area contributed by atoms with Crippen molar-refractivity contribution < 1.29 is 4.52 Å². The molecule has 1 aliphatic rings. The van der Waals surface area contributed by atoms with E-state index in [0.29, 0.717) is 6.54 Å². The van der Waals surface area contributed by atoms with Gasteiger partial charge in [0.2, 0.25) is 5.13 Å². The van der Waals surface area contributed by atoms with Gasteiger partial charge in [-0.25, -0.2) is 9.98 Å². The fourth-order valence-corrected chi connectivity index (χ4v) is 3.73. The van der Waals surface area contributed by atoms with Crippen LogP contribution >= 0.6 is 35.5 Å². The van der Waals surface area contributed by atoms with Crippen molar-refractivity contribution in [1.29, 1.82) is 0 Å². The topological polar surface area (TPSA) is 82.7 Å². The lowest BCUT2D eigenvalue weighted by Gasteiger charge is -2.36. The molecule has 0 spiro atoms. The van der Waals surface area contributed by atoms with E-state index in [4.69, 9.17) is 9.52 Å². The van der Waals surface area contributed by atoms with Crippen molar-refractivity contribution in [3.63, 3.8) is 0 Å². The van der Waals surface area contributed by atoms with Crippen molar-refractivity contribution in [3.05, 3.63) is 22.8 Å². The maximum Gasteiger partial charge on any atom is 0.205 e. The standard InChI is InChI=1S/C17H27N7OS.HI/c1-5-15-20-17(26-22-15)24-9-7-23(8-10-24)16(18-6-2)19-11-14-12(3)21-25-13(14)4;/h5-11H2,1-4H3,(H,18,19);1H. The molecule has 27 heavy (non-hydrogen) atoms. The average molecular weight is 505 g/mol. The summed E-state index contributed by atoms with van der Waals surface area (Å²) >= 11 is 1.50. The zero-order valence-electron chi connectivity index (χ0n) is 16.4. The third kappa shape index (κ3) is 5.31. The number of rotatable bonds is 5. The van der Waals surface area contributed by atoms with Crippen molar-refractivity contribution in [2.45, 2.75) is 40.7 Å². The number of hydrogen-bond donors (Lipinski definition) is 1. The molecule has 0 radical (unpaired) electrons. The highest BCUT2D eigenvalue weighted by Crippen LogP contribution is 2.19. The van der Waals surface area contributed by atoms with Gasteiger partial charge in [0.15, 0.2) is 5.96 Å². The molecule has 10 heteroatoms. The van der Waals surface area contributed by atoms with E-state index in [0.717, 1.165) is 73.1 Å². The minimum Gasteiger partial charge on any atom is -0.361 e. The molecule has 8 nitrogen and oxygen atoms in total. The highest BCUT2D eigenvalue weighted by atomic mass is 127.